The first-order chi connectivity index (χ1) is 15.1. The number of urea groups is 1. The van der Waals surface area contributed by atoms with Gasteiger partial charge in [-0.05, 0) is 49.4 Å². The third-order valence-corrected chi connectivity index (χ3v) is 5.46. The maximum Gasteiger partial charge on any atom is 0.319 e. The first kappa shape index (κ1) is 20.7. The number of nitrogens with one attached hydrogen (secondary N) is 3. The van der Waals surface area contributed by atoms with Crippen molar-refractivity contribution in [3.8, 4) is 0 Å². The van der Waals surface area contributed by atoms with E-state index in [2.05, 4.69) is 33.2 Å². The van der Waals surface area contributed by atoms with Crippen LogP contribution >= 0.6 is 0 Å². The molecule has 0 spiro atoms. The van der Waals surface area contributed by atoms with Crippen LogP contribution in [0.25, 0.3) is 0 Å². The molecule has 1 aliphatic rings. The maximum atomic E-state index is 12.4. The molecule has 0 radical (unpaired) electrons. The normalized spacial score (nSPS) is 15.1. The van der Waals surface area contributed by atoms with E-state index in [4.69, 9.17) is 0 Å². The Morgan fingerprint density at radius 2 is 1.97 bits per heavy atom. The number of benzene rings is 2. The van der Waals surface area contributed by atoms with Gasteiger partial charge in [-0.1, -0.05) is 42.5 Å². The molecule has 0 fully saturated rings. The number of carbonyl (C=O) groups excluding carboxylic acids is 2. The molecule has 1 heterocycles. The number of amides is 3. The average Bonchev–Trinajstić information content (AvgIpc) is 3.17. The molecule has 31 heavy (non-hydrogen) atoms. The topological polar surface area (TPSA) is 88.1 Å². The van der Waals surface area contributed by atoms with E-state index in [1.165, 1.54) is 11.3 Å². The summed E-state index contributed by atoms with van der Waals surface area (Å²) < 4.78 is 2.02. The zero-order valence-electron chi connectivity index (χ0n) is 17.6. The minimum atomic E-state index is -0.402. The Hall–Kier alpha value is -3.61. The summed E-state index contributed by atoms with van der Waals surface area (Å²) in [5.41, 5.74) is 5.19. The van der Waals surface area contributed by atoms with Gasteiger partial charge in [-0.15, -0.1) is 0 Å². The lowest BCUT2D eigenvalue weighted by Gasteiger charge is -2.24. The summed E-state index contributed by atoms with van der Waals surface area (Å²) in [5, 5.41) is 13.0. The summed E-state index contributed by atoms with van der Waals surface area (Å²) in [4.78, 5) is 24.5. The van der Waals surface area contributed by atoms with Gasteiger partial charge in [-0.2, -0.15) is 5.10 Å². The van der Waals surface area contributed by atoms with Crippen molar-refractivity contribution in [3.63, 3.8) is 0 Å². The van der Waals surface area contributed by atoms with Crippen molar-refractivity contribution in [1.82, 2.24) is 20.4 Å². The first-order valence-corrected chi connectivity index (χ1v) is 10.6. The monoisotopic (exact) mass is 417 g/mol. The lowest BCUT2D eigenvalue weighted by Crippen LogP contribution is -2.41. The summed E-state index contributed by atoms with van der Waals surface area (Å²) in [7, 11) is 0. The largest absolute Gasteiger partial charge is 0.348 e. The SMILES string of the molecule is Cc1cccc(NC(=O)NCC(=O)NC2CCCc3c2cnn3Cc2ccccc2)c1. The van der Waals surface area contributed by atoms with Crippen LogP contribution in [0, 0.1) is 6.92 Å². The molecule has 0 bridgehead atoms. The number of aromatic nitrogens is 2. The number of carbonyl (C=O) groups is 2. The average molecular weight is 418 g/mol. The fourth-order valence-corrected chi connectivity index (χ4v) is 3.97. The molecular weight excluding hydrogens is 390 g/mol. The van der Waals surface area contributed by atoms with Gasteiger partial charge in [0.05, 0.1) is 25.3 Å². The molecule has 7 heteroatoms. The molecule has 7 nitrogen and oxygen atoms in total. The lowest BCUT2D eigenvalue weighted by molar-refractivity contribution is -0.120. The van der Waals surface area contributed by atoms with Crippen molar-refractivity contribution in [3.05, 3.63) is 83.2 Å². The number of hydrogen-bond donors (Lipinski definition) is 3. The first-order valence-electron chi connectivity index (χ1n) is 10.6. The fraction of sp³-hybridized carbons (Fsp3) is 0.292. The number of fused-ring (bicyclic) bond motifs is 1. The molecule has 3 N–H and O–H groups in total. The van der Waals surface area contributed by atoms with Crippen molar-refractivity contribution in [2.75, 3.05) is 11.9 Å². The van der Waals surface area contributed by atoms with Gasteiger partial charge < -0.3 is 16.0 Å². The molecular formula is C24H27N5O2. The number of hydrogen-bond acceptors (Lipinski definition) is 3. The summed E-state index contributed by atoms with van der Waals surface area (Å²) in [6.07, 6.45) is 4.66. The van der Waals surface area contributed by atoms with Crippen LogP contribution in [0.5, 0.6) is 0 Å². The van der Waals surface area contributed by atoms with E-state index in [9.17, 15) is 9.59 Å². The van der Waals surface area contributed by atoms with Gasteiger partial charge in [0.25, 0.3) is 0 Å². The fourth-order valence-electron chi connectivity index (χ4n) is 3.97. The van der Waals surface area contributed by atoms with Crippen molar-refractivity contribution < 1.29 is 9.59 Å². The van der Waals surface area contributed by atoms with Crippen molar-refractivity contribution >= 4 is 17.6 Å². The van der Waals surface area contributed by atoms with Crippen LogP contribution in [0.4, 0.5) is 10.5 Å². The van der Waals surface area contributed by atoms with E-state index in [1.54, 1.807) is 0 Å². The Morgan fingerprint density at radius 3 is 2.77 bits per heavy atom. The van der Waals surface area contributed by atoms with E-state index < -0.39 is 6.03 Å². The third-order valence-electron chi connectivity index (χ3n) is 5.46. The zero-order valence-corrected chi connectivity index (χ0v) is 17.6. The predicted molar refractivity (Wildman–Crippen MR) is 120 cm³/mol. The molecule has 1 unspecified atom stereocenters. The molecule has 3 aromatic rings. The maximum absolute atomic E-state index is 12.4. The second-order valence-corrected chi connectivity index (χ2v) is 7.88. The summed E-state index contributed by atoms with van der Waals surface area (Å²) >= 11 is 0. The number of nitrogens with zero attached hydrogens (tertiary/aromatic N) is 2. The molecule has 2 aromatic carbocycles. The summed E-state index contributed by atoms with van der Waals surface area (Å²) in [6.45, 7) is 2.59. The molecule has 1 atom stereocenters. The van der Waals surface area contributed by atoms with Gasteiger partial charge >= 0.3 is 6.03 Å². The van der Waals surface area contributed by atoms with E-state index in [-0.39, 0.29) is 18.5 Å². The number of rotatable bonds is 6. The number of aryl methyl sites for hydroxylation is 1. The highest BCUT2D eigenvalue weighted by Gasteiger charge is 2.25. The van der Waals surface area contributed by atoms with Crippen LogP contribution in [0.1, 0.15) is 41.3 Å². The molecule has 1 aromatic heterocycles. The number of anilines is 1. The van der Waals surface area contributed by atoms with Crippen LogP contribution in [0.3, 0.4) is 0 Å². The molecule has 3 amide bonds. The molecule has 0 saturated heterocycles. The minimum Gasteiger partial charge on any atom is -0.348 e. The van der Waals surface area contributed by atoms with Gasteiger partial charge in [-0.25, -0.2) is 4.79 Å². The predicted octanol–water partition coefficient (Wildman–Crippen LogP) is 3.56. The van der Waals surface area contributed by atoms with E-state index >= 15 is 0 Å². The Bertz CT molecular complexity index is 1060. The van der Waals surface area contributed by atoms with Gasteiger partial charge in [0.1, 0.15) is 0 Å². The van der Waals surface area contributed by atoms with Gasteiger partial charge in [0.15, 0.2) is 0 Å². The standard InChI is InChI=1S/C24H27N5O2/c1-17-7-5-10-19(13-17)27-24(31)25-15-23(30)28-21-11-6-12-22-20(21)14-26-29(22)16-18-8-3-2-4-9-18/h2-5,7-10,13-14,21H,6,11-12,15-16H2,1H3,(H,28,30)(H2,25,27,31). The summed E-state index contributed by atoms with van der Waals surface area (Å²) in [6, 6.07) is 17.2. The van der Waals surface area contributed by atoms with Crippen molar-refractivity contribution in [2.24, 2.45) is 0 Å². The second-order valence-electron chi connectivity index (χ2n) is 7.88. The van der Waals surface area contributed by atoms with Gasteiger partial charge in [-0.3, -0.25) is 9.48 Å². The molecule has 0 aliphatic heterocycles. The van der Waals surface area contributed by atoms with Gasteiger partial charge in [0, 0.05) is 16.9 Å². The van der Waals surface area contributed by atoms with Crippen LogP contribution in [0.15, 0.2) is 60.8 Å². The highest BCUT2D eigenvalue weighted by atomic mass is 16.2. The third kappa shape index (κ3) is 5.31. The van der Waals surface area contributed by atoms with Crippen LogP contribution < -0.4 is 16.0 Å². The van der Waals surface area contributed by atoms with E-state index in [0.717, 1.165) is 36.9 Å². The lowest BCUT2D eigenvalue weighted by atomic mass is 9.93. The quantitative estimate of drug-likeness (QED) is 0.573. The second kappa shape index (κ2) is 9.47. The molecule has 1 aliphatic carbocycles. The van der Waals surface area contributed by atoms with Gasteiger partial charge in [0.2, 0.25) is 5.91 Å². The summed E-state index contributed by atoms with van der Waals surface area (Å²) in [5.74, 6) is -0.215. The Kier molecular flexibility index (Phi) is 6.31. The smallest absolute Gasteiger partial charge is 0.319 e. The Labute approximate surface area is 181 Å². The van der Waals surface area contributed by atoms with Crippen LogP contribution in [-0.2, 0) is 17.8 Å². The van der Waals surface area contributed by atoms with Crippen molar-refractivity contribution in [1.29, 1.82) is 0 Å². The Morgan fingerprint density at radius 1 is 1.13 bits per heavy atom. The van der Waals surface area contributed by atoms with E-state index in [0.29, 0.717) is 5.69 Å². The minimum absolute atomic E-state index is 0.0811. The zero-order chi connectivity index (χ0) is 21.6. The van der Waals surface area contributed by atoms with E-state index in [1.807, 2.05) is 60.3 Å². The Balaban J connectivity index is 1.32. The molecule has 0 saturated carbocycles. The van der Waals surface area contributed by atoms with Crippen molar-refractivity contribution in [2.45, 2.75) is 38.8 Å². The highest BCUT2D eigenvalue weighted by Crippen LogP contribution is 2.29. The van der Waals surface area contributed by atoms with Crippen LogP contribution in [0.2, 0.25) is 0 Å². The molecule has 4 rings (SSSR count). The molecule has 160 valence electrons. The highest BCUT2D eigenvalue weighted by molar-refractivity contribution is 5.92. The van der Waals surface area contributed by atoms with Crippen LogP contribution in [-0.4, -0.2) is 28.3 Å².